The number of aliphatic hydroxyl groups excluding tert-OH is 1. The van der Waals surface area contributed by atoms with Gasteiger partial charge < -0.3 is 14.7 Å². The summed E-state index contributed by atoms with van der Waals surface area (Å²) in [5.41, 5.74) is 0. The minimum atomic E-state index is -0.394. The van der Waals surface area contributed by atoms with E-state index in [0.717, 1.165) is 6.42 Å². The van der Waals surface area contributed by atoms with Crippen molar-refractivity contribution in [2.75, 3.05) is 26.3 Å². The molecule has 0 aromatic rings. The second-order valence-corrected chi connectivity index (χ2v) is 3.01. The minimum absolute atomic E-state index is 0.201. The molecule has 1 aliphatic heterocycles. The number of hydrogen-bond donors (Lipinski definition) is 1. The topological polar surface area (TPSA) is 49.8 Å². The Hall–Kier alpha value is -0.610. The van der Waals surface area contributed by atoms with Crippen molar-refractivity contribution >= 4 is 5.91 Å². The van der Waals surface area contributed by atoms with Gasteiger partial charge in [0, 0.05) is 13.1 Å². The lowest BCUT2D eigenvalue weighted by molar-refractivity contribution is -0.134. The van der Waals surface area contributed by atoms with Crippen molar-refractivity contribution in [3.8, 4) is 0 Å². The van der Waals surface area contributed by atoms with Crippen LogP contribution in [0.1, 0.15) is 13.3 Å². The number of aliphatic hydroxyl groups is 1. The fraction of sp³-hybridized carbons (Fsp3) is 0.875. The Kier molecular flexibility index (Phi) is 3.49. The Balaban J connectivity index is 2.40. The first kappa shape index (κ1) is 9.48. The van der Waals surface area contributed by atoms with Gasteiger partial charge in [0.1, 0.15) is 6.61 Å². The van der Waals surface area contributed by atoms with Crippen LogP contribution < -0.4 is 0 Å². The van der Waals surface area contributed by atoms with Crippen LogP contribution in [-0.4, -0.2) is 48.3 Å². The summed E-state index contributed by atoms with van der Waals surface area (Å²) in [5, 5.41) is 8.61. The molecule has 1 aliphatic rings. The maximum atomic E-state index is 11.0. The third-order valence-electron chi connectivity index (χ3n) is 2.06. The van der Waals surface area contributed by atoms with E-state index in [2.05, 4.69) is 0 Å². The maximum absolute atomic E-state index is 11.0. The second-order valence-electron chi connectivity index (χ2n) is 3.01. The molecule has 0 aromatic carbocycles. The van der Waals surface area contributed by atoms with Gasteiger partial charge in [0.05, 0.1) is 12.7 Å². The Morgan fingerprint density at radius 3 is 3.08 bits per heavy atom. The molecule has 1 unspecified atom stereocenters. The molecule has 0 bridgehead atoms. The number of carbonyl (C=O) groups is 1. The van der Waals surface area contributed by atoms with Crippen molar-refractivity contribution < 1.29 is 14.6 Å². The van der Waals surface area contributed by atoms with Gasteiger partial charge in [-0.05, 0) is 13.3 Å². The zero-order valence-corrected chi connectivity index (χ0v) is 7.32. The Morgan fingerprint density at radius 1 is 1.67 bits per heavy atom. The fourth-order valence-electron chi connectivity index (χ4n) is 1.25. The van der Waals surface area contributed by atoms with Gasteiger partial charge in [-0.3, -0.25) is 4.79 Å². The molecule has 0 saturated carbocycles. The summed E-state index contributed by atoms with van der Waals surface area (Å²) in [5.74, 6) is -0.201. The molecule has 0 radical (unpaired) electrons. The van der Waals surface area contributed by atoms with Crippen molar-refractivity contribution in [3.63, 3.8) is 0 Å². The summed E-state index contributed by atoms with van der Waals surface area (Å²) in [4.78, 5) is 12.7. The van der Waals surface area contributed by atoms with Crippen LogP contribution in [0.25, 0.3) is 0 Å². The van der Waals surface area contributed by atoms with Gasteiger partial charge in [-0.1, -0.05) is 0 Å². The molecule has 0 aliphatic carbocycles. The molecular formula is C8H15NO3. The third kappa shape index (κ3) is 2.46. The largest absolute Gasteiger partial charge is 0.387 e. The van der Waals surface area contributed by atoms with Gasteiger partial charge in [-0.2, -0.15) is 0 Å². The predicted octanol–water partition coefficient (Wildman–Crippen LogP) is -0.384. The van der Waals surface area contributed by atoms with Gasteiger partial charge in [0.15, 0.2) is 0 Å². The highest BCUT2D eigenvalue weighted by Crippen LogP contribution is 2.05. The third-order valence-corrected chi connectivity index (χ3v) is 2.06. The standard InChI is InChI=1S/C8H15NO3/c1-7-2-3-9(4-5-12-7)8(11)6-10/h7,10H,2-6H2,1H3. The first-order chi connectivity index (χ1) is 5.74. The maximum Gasteiger partial charge on any atom is 0.248 e. The van der Waals surface area contributed by atoms with Gasteiger partial charge >= 0.3 is 0 Å². The van der Waals surface area contributed by atoms with Gasteiger partial charge in [-0.15, -0.1) is 0 Å². The molecule has 4 heteroatoms. The smallest absolute Gasteiger partial charge is 0.248 e. The van der Waals surface area contributed by atoms with Crippen molar-refractivity contribution in [3.05, 3.63) is 0 Å². The lowest BCUT2D eigenvalue weighted by atomic mass is 10.3. The first-order valence-electron chi connectivity index (χ1n) is 4.24. The zero-order valence-electron chi connectivity index (χ0n) is 7.32. The number of carbonyl (C=O) groups excluding carboxylic acids is 1. The molecular weight excluding hydrogens is 158 g/mol. The lowest BCUT2D eigenvalue weighted by Crippen LogP contribution is -2.35. The van der Waals surface area contributed by atoms with Crippen LogP contribution in [0.15, 0.2) is 0 Å². The summed E-state index contributed by atoms with van der Waals surface area (Å²) in [7, 11) is 0. The zero-order chi connectivity index (χ0) is 8.97. The highest BCUT2D eigenvalue weighted by atomic mass is 16.5. The number of hydrogen-bond acceptors (Lipinski definition) is 3. The van der Waals surface area contributed by atoms with Crippen molar-refractivity contribution in [1.29, 1.82) is 0 Å². The summed E-state index contributed by atoms with van der Waals surface area (Å²) < 4.78 is 5.35. The highest BCUT2D eigenvalue weighted by Gasteiger charge is 2.17. The first-order valence-corrected chi connectivity index (χ1v) is 4.24. The van der Waals surface area contributed by atoms with E-state index >= 15 is 0 Å². The molecule has 1 heterocycles. The summed E-state index contributed by atoms with van der Waals surface area (Å²) in [6, 6.07) is 0. The van der Waals surface area contributed by atoms with Gasteiger partial charge in [0.25, 0.3) is 0 Å². The molecule has 0 spiro atoms. The molecule has 1 N–H and O–H groups in total. The quantitative estimate of drug-likeness (QED) is 0.588. The average Bonchev–Trinajstić information content (AvgIpc) is 2.29. The van der Waals surface area contributed by atoms with E-state index in [-0.39, 0.29) is 12.0 Å². The average molecular weight is 173 g/mol. The van der Waals surface area contributed by atoms with Crippen molar-refractivity contribution in [2.45, 2.75) is 19.4 Å². The molecule has 70 valence electrons. The number of ether oxygens (including phenoxy) is 1. The molecule has 1 fully saturated rings. The molecule has 1 amide bonds. The van der Waals surface area contributed by atoms with Crippen LogP contribution in [-0.2, 0) is 9.53 Å². The monoisotopic (exact) mass is 173 g/mol. The predicted molar refractivity (Wildman–Crippen MR) is 43.7 cm³/mol. The summed E-state index contributed by atoms with van der Waals surface area (Å²) in [6.45, 7) is 3.47. The molecule has 1 atom stereocenters. The molecule has 1 saturated heterocycles. The number of amides is 1. The van der Waals surface area contributed by atoms with E-state index in [1.165, 1.54) is 0 Å². The van der Waals surface area contributed by atoms with Crippen LogP contribution in [0.4, 0.5) is 0 Å². The van der Waals surface area contributed by atoms with Crippen LogP contribution in [0.3, 0.4) is 0 Å². The Morgan fingerprint density at radius 2 is 2.42 bits per heavy atom. The summed E-state index contributed by atoms with van der Waals surface area (Å²) >= 11 is 0. The summed E-state index contributed by atoms with van der Waals surface area (Å²) in [6.07, 6.45) is 1.08. The van der Waals surface area contributed by atoms with Crippen LogP contribution in [0.2, 0.25) is 0 Å². The van der Waals surface area contributed by atoms with Crippen molar-refractivity contribution in [1.82, 2.24) is 4.90 Å². The van der Waals surface area contributed by atoms with E-state index in [9.17, 15) is 4.79 Å². The van der Waals surface area contributed by atoms with E-state index in [4.69, 9.17) is 9.84 Å². The van der Waals surface area contributed by atoms with Crippen LogP contribution in [0, 0.1) is 0 Å². The normalized spacial score (nSPS) is 25.2. The number of rotatable bonds is 1. The van der Waals surface area contributed by atoms with E-state index in [0.29, 0.717) is 19.7 Å². The highest BCUT2D eigenvalue weighted by molar-refractivity contribution is 5.77. The lowest BCUT2D eigenvalue weighted by Gasteiger charge is -2.17. The Bertz CT molecular complexity index is 160. The SMILES string of the molecule is CC1CCN(C(=O)CO)CCO1. The molecule has 1 rings (SSSR count). The van der Waals surface area contributed by atoms with Crippen molar-refractivity contribution in [2.24, 2.45) is 0 Å². The fourth-order valence-corrected chi connectivity index (χ4v) is 1.25. The molecule has 4 nitrogen and oxygen atoms in total. The molecule has 12 heavy (non-hydrogen) atoms. The van der Waals surface area contributed by atoms with E-state index in [1.54, 1.807) is 4.90 Å². The minimum Gasteiger partial charge on any atom is -0.387 e. The second kappa shape index (κ2) is 4.42. The molecule has 0 aromatic heterocycles. The van der Waals surface area contributed by atoms with Gasteiger partial charge in [-0.25, -0.2) is 0 Å². The number of nitrogens with zero attached hydrogens (tertiary/aromatic N) is 1. The van der Waals surface area contributed by atoms with Gasteiger partial charge in [0.2, 0.25) is 5.91 Å². The Labute approximate surface area is 72.1 Å². The van der Waals surface area contributed by atoms with Crippen LogP contribution >= 0.6 is 0 Å². The van der Waals surface area contributed by atoms with Crippen LogP contribution in [0.5, 0.6) is 0 Å². The van der Waals surface area contributed by atoms with E-state index in [1.807, 2.05) is 6.92 Å². The van der Waals surface area contributed by atoms with E-state index < -0.39 is 6.61 Å².